The van der Waals surface area contributed by atoms with Gasteiger partial charge in [-0.05, 0) is 48.0 Å². The molecule has 0 bridgehead atoms. The zero-order chi connectivity index (χ0) is 15.8. The van der Waals surface area contributed by atoms with Gasteiger partial charge in [0.2, 0.25) is 5.91 Å². The van der Waals surface area contributed by atoms with Gasteiger partial charge in [0.05, 0.1) is 5.92 Å². The topological polar surface area (TPSA) is 23.6 Å². The summed E-state index contributed by atoms with van der Waals surface area (Å²) in [5.74, 6) is 0.172. The van der Waals surface area contributed by atoms with Gasteiger partial charge in [-0.1, -0.05) is 24.3 Å². The lowest BCUT2D eigenvalue weighted by atomic mass is 9.88. The van der Waals surface area contributed by atoms with Gasteiger partial charge < -0.3 is 9.80 Å². The molecule has 0 radical (unpaired) electrons. The minimum Gasteiger partial charge on any atom is -0.339 e. The van der Waals surface area contributed by atoms with Crippen molar-refractivity contribution in [1.29, 1.82) is 0 Å². The van der Waals surface area contributed by atoms with Crippen molar-refractivity contribution in [1.82, 2.24) is 9.80 Å². The average Bonchev–Trinajstić information content (AvgIpc) is 2.97. The normalized spacial score (nSPS) is 21.4. The Balaban J connectivity index is 1.74. The van der Waals surface area contributed by atoms with Crippen molar-refractivity contribution in [2.75, 3.05) is 33.2 Å². The number of hydrogen-bond acceptors (Lipinski definition) is 3. The van der Waals surface area contributed by atoms with Crippen LogP contribution < -0.4 is 0 Å². The molecule has 1 aliphatic carbocycles. The molecular formula is C19H22N2OS. The molecule has 1 fully saturated rings. The number of thiophene rings is 1. The van der Waals surface area contributed by atoms with Crippen LogP contribution in [-0.2, 0) is 17.6 Å². The van der Waals surface area contributed by atoms with Crippen LogP contribution in [0, 0.1) is 0 Å². The van der Waals surface area contributed by atoms with Gasteiger partial charge in [-0.3, -0.25) is 4.79 Å². The fraction of sp³-hybridized carbons (Fsp3) is 0.421. The minimum atomic E-state index is -0.113. The third-order valence-corrected chi connectivity index (χ3v) is 6.14. The Morgan fingerprint density at radius 3 is 2.65 bits per heavy atom. The predicted octanol–water partition coefficient (Wildman–Crippen LogP) is 2.75. The summed E-state index contributed by atoms with van der Waals surface area (Å²) in [5, 5.41) is 2.14. The van der Waals surface area contributed by atoms with Crippen molar-refractivity contribution < 1.29 is 4.79 Å². The molecule has 0 spiro atoms. The summed E-state index contributed by atoms with van der Waals surface area (Å²) in [6, 6.07) is 10.7. The number of piperazine rings is 1. The largest absolute Gasteiger partial charge is 0.339 e. The molecule has 120 valence electrons. The molecule has 1 aromatic heterocycles. The predicted molar refractivity (Wildman–Crippen MR) is 94.1 cm³/mol. The number of rotatable bonds is 1. The van der Waals surface area contributed by atoms with Crippen LogP contribution in [0.5, 0.6) is 0 Å². The SMILES string of the molecule is CN1CCN(C(=O)C2c3ccccc3CCc3sccc32)CC1. The summed E-state index contributed by atoms with van der Waals surface area (Å²) in [6.07, 6.45) is 2.09. The van der Waals surface area contributed by atoms with Gasteiger partial charge in [0, 0.05) is 31.1 Å². The Morgan fingerprint density at radius 2 is 1.83 bits per heavy atom. The van der Waals surface area contributed by atoms with E-state index in [-0.39, 0.29) is 11.8 Å². The first-order valence-corrected chi connectivity index (χ1v) is 9.23. The lowest BCUT2D eigenvalue weighted by Crippen LogP contribution is -2.48. The highest BCUT2D eigenvalue weighted by molar-refractivity contribution is 7.10. The molecule has 1 unspecified atom stereocenters. The van der Waals surface area contributed by atoms with Crippen molar-refractivity contribution in [3.8, 4) is 0 Å². The second-order valence-electron chi connectivity index (χ2n) is 6.56. The summed E-state index contributed by atoms with van der Waals surface area (Å²) in [5.41, 5.74) is 3.79. The molecule has 0 saturated carbocycles. The third kappa shape index (κ3) is 2.70. The van der Waals surface area contributed by atoms with Crippen molar-refractivity contribution in [3.63, 3.8) is 0 Å². The van der Waals surface area contributed by atoms with Crippen LogP contribution in [0.15, 0.2) is 35.7 Å². The summed E-state index contributed by atoms with van der Waals surface area (Å²) in [6.45, 7) is 3.62. The van der Waals surface area contributed by atoms with Crippen LogP contribution in [0.2, 0.25) is 0 Å². The lowest BCUT2D eigenvalue weighted by molar-refractivity contribution is -0.133. The first-order valence-electron chi connectivity index (χ1n) is 8.35. The number of benzene rings is 1. The van der Waals surface area contributed by atoms with Gasteiger partial charge in [-0.25, -0.2) is 0 Å². The lowest BCUT2D eigenvalue weighted by Gasteiger charge is -2.35. The molecule has 23 heavy (non-hydrogen) atoms. The maximum Gasteiger partial charge on any atom is 0.234 e. The molecule has 2 aliphatic rings. The molecule has 1 aliphatic heterocycles. The number of amides is 1. The molecule has 4 rings (SSSR count). The third-order valence-electron chi connectivity index (χ3n) is 5.14. The maximum atomic E-state index is 13.3. The molecule has 1 aromatic carbocycles. The molecule has 2 heterocycles. The first kappa shape index (κ1) is 14.9. The maximum absolute atomic E-state index is 13.3. The monoisotopic (exact) mass is 326 g/mol. The molecule has 3 nitrogen and oxygen atoms in total. The van der Waals surface area contributed by atoms with Crippen molar-refractivity contribution >= 4 is 17.2 Å². The van der Waals surface area contributed by atoms with E-state index in [0.29, 0.717) is 0 Å². The van der Waals surface area contributed by atoms with E-state index in [1.807, 2.05) is 0 Å². The molecular weight excluding hydrogens is 304 g/mol. The van der Waals surface area contributed by atoms with E-state index in [1.165, 1.54) is 21.6 Å². The number of fused-ring (bicyclic) bond motifs is 2. The van der Waals surface area contributed by atoms with Crippen LogP contribution in [0.4, 0.5) is 0 Å². The minimum absolute atomic E-state index is 0.113. The van der Waals surface area contributed by atoms with Crippen LogP contribution in [0.3, 0.4) is 0 Å². The Kier molecular flexibility index (Phi) is 3.95. The average molecular weight is 326 g/mol. The highest BCUT2D eigenvalue weighted by Gasteiger charge is 2.33. The van der Waals surface area contributed by atoms with E-state index in [2.05, 4.69) is 52.6 Å². The first-order chi connectivity index (χ1) is 11.2. The molecule has 1 saturated heterocycles. The van der Waals surface area contributed by atoms with Gasteiger partial charge in [0.25, 0.3) is 0 Å². The fourth-order valence-electron chi connectivity index (χ4n) is 3.75. The summed E-state index contributed by atoms with van der Waals surface area (Å²) in [7, 11) is 2.12. The summed E-state index contributed by atoms with van der Waals surface area (Å²) < 4.78 is 0. The van der Waals surface area contributed by atoms with E-state index >= 15 is 0 Å². The van der Waals surface area contributed by atoms with E-state index in [1.54, 1.807) is 11.3 Å². The quantitative estimate of drug-likeness (QED) is 0.804. The standard InChI is InChI=1S/C19H22N2OS/c1-20-9-11-21(12-10-20)19(22)18-15-5-3-2-4-14(15)6-7-17-16(18)8-13-23-17/h2-5,8,13,18H,6-7,9-12H2,1H3. The van der Waals surface area contributed by atoms with Crippen molar-refractivity contribution in [2.24, 2.45) is 0 Å². The summed E-state index contributed by atoms with van der Waals surface area (Å²) in [4.78, 5) is 19.1. The highest BCUT2D eigenvalue weighted by atomic mass is 32.1. The van der Waals surface area contributed by atoms with Gasteiger partial charge in [0.15, 0.2) is 0 Å². The van der Waals surface area contributed by atoms with E-state index in [0.717, 1.165) is 39.0 Å². The molecule has 4 heteroatoms. The van der Waals surface area contributed by atoms with E-state index in [4.69, 9.17) is 0 Å². The Bertz CT molecular complexity index is 716. The van der Waals surface area contributed by atoms with Crippen LogP contribution in [-0.4, -0.2) is 48.9 Å². The van der Waals surface area contributed by atoms with Gasteiger partial charge in [-0.2, -0.15) is 0 Å². The Labute approximate surface area is 141 Å². The van der Waals surface area contributed by atoms with Crippen LogP contribution in [0.25, 0.3) is 0 Å². The number of aryl methyl sites for hydroxylation is 2. The summed E-state index contributed by atoms with van der Waals surface area (Å²) >= 11 is 1.80. The smallest absolute Gasteiger partial charge is 0.234 e. The van der Waals surface area contributed by atoms with Crippen molar-refractivity contribution in [3.05, 3.63) is 57.3 Å². The number of nitrogens with zero attached hydrogens (tertiary/aromatic N) is 2. The van der Waals surface area contributed by atoms with Gasteiger partial charge in [-0.15, -0.1) is 11.3 Å². The van der Waals surface area contributed by atoms with Gasteiger partial charge >= 0.3 is 0 Å². The molecule has 1 atom stereocenters. The number of carbonyl (C=O) groups is 1. The second-order valence-corrected chi connectivity index (χ2v) is 7.56. The van der Waals surface area contributed by atoms with Crippen LogP contribution >= 0.6 is 11.3 Å². The Morgan fingerprint density at radius 1 is 1.04 bits per heavy atom. The van der Waals surface area contributed by atoms with Crippen molar-refractivity contribution in [2.45, 2.75) is 18.8 Å². The van der Waals surface area contributed by atoms with E-state index < -0.39 is 0 Å². The molecule has 2 aromatic rings. The van der Waals surface area contributed by atoms with Crippen LogP contribution in [0.1, 0.15) is 27.5 Å². The number of likely N-dealkylation sites (N-methyl/N-ethyl adjacent to an activating group) is 1. The van der Waals surface area contributed by atoms with Gasteiger partial charge in [0.1, 0.15) is 0 Å². The zero-order valence-corrected chi connectivity index (χ0v) is 14.3. The van der Waals surface area contributed by atoms with E-state index in [9.17, 15) is 4.79 Å². The highest BCUT2D eigenvalue weighted by Crippen LogP contribution is 2.38. The Hall–Kier alpha value is -1.65. The fourth-order valence-corrected chi connectivity index (χ4v) is 4.67. The zero-order valence-electron chi connectivity index (χ0n) is 13.5. The number of hydrogen-bond donors (Lipinski definition) is 0. The second kappa shape index (κ2) is 6.10. The number of carbonyl (C=O) groups excluding carboxylic acids is 1. The molecule has 0 N–H and O–H groups in total. The molecule has 1 amide bonds.